The summed E-state index contributed by atoms with van der Waals surface area (Å²) in [5, 5.41) is 6.11. The molecule has 0 saturated heterocycles. The van der Waals surface area contributed by atoms with Crippen molar-refractivity contribution in [3.05, 3.63) is 78.0 Å². The van der Waals surface area contributed by atoms with Gasteiger partial charge < -0.3 is 20.1 Å². The summed E-state index contributed by atoms with van der Waals surface area (Å²) in [6.07, 6.45) is 1.61. The fraction of sp³-hybridized carbons (Fsp3) is 0.143. The maximum atomic E-state index is 12.4. The van der Waals surface area contributed by atoms with E-state index in [-0.39, 0.29) is 5.91 Å². The summed E-state index contributed by atoms with van der Waals surface area (Å²) in [4.78, 5) is 16.7. The second-order valence-corrected chi connectivity index (χ2v) is 6.08. The van der Waals surface area contributed by atoms with Crippen molar-refractivity contribution in [3.63, 3.8) is 0 Å². The number of hydrogen-bond acceptors (Lipinski definition) is 5. The van der Waals surface area contributed by atoms with Crippen LogP contribution in [0, 0.1) is 0 Å². The molecule has 0 aliphatic carbocycles. The quantitative estimate of drug-likeness (QED) is 0.727. The van der Waals surface area contributed by atoms with Gasteiger partial charge in [-0.1, -0.05) is 30.3 Å². The first-order valence-electron chi connectivity index (χ1n) is 8.73. The van der Waals surface area contributed by atoms with Crippen molar-refractivity contribution < 1.29 is 14.3 Å². The average molecular weight is 361 g/mol. The minimum Gasteiger partial charge on any atom is -0.486 e. The van der Waals surface area contributed by atoms with Gasteiger partial charge in [0.1, 0.15) is 19.0 Å². The highest BCUT2D eigenvalue weighted by atomic mass is 16.6. The van der Waals surface area contributed by atoms with Crippen LogP contribution in [-0.4, -0.2) is 24.1 Å². The minimum atomic E-state index is -0.147. The molecule has 1 aliphatic rings. The van der Waals surface area contributed by atoms with Gasteiger partial charge in [-0.3, -0.25) is 4.79 Å². The van der Waals surface area contributed by atoms with Gasteiger partial charge >= 0.3 is 0 Å². The van der Waals surface area contributed by atoms with Crippen LogP contribution in [0.15, 0.2) is 66.9 Å². The van der Waals surface area contributed by atoms with E-state index in [1.165, 1.54) is 0 Å². The number of benzene rings is 2. The molecule has 3 aromatic rings. The van der Waals surface area contributed by atoms with E-state index >= 15 is 0 Å². The molecule has 0 bridgehead atoms. The highest BCUT2D eigenvalue weighted by molar-refractivity contribution is 5.94. The second kappa shape index (κ2) is 7.78. The molecule has 6 nitrogen and oxygen atoms in total. The van der Waals surface area contributed by atoms with Gasteiger partial charge in [-0.25, -0.2) is 4.98 Å². The number of nitrogens with one attached hydrogen (secondary N) is 2. The van der Waals surface area contributed by atoms with Gasteiger partial charge in [-0.15, -0.1) is 0 Å². The zero-order valence-electron chi connectivity index (χ0n) is 14.6. The molecule has 2 heterocycles. The maximum absolute atomic E-state index is 12.4. The summed E-state index contributed by atoms with van der Waals surface area (Å²) in [5.41, 5.74) is 2.41. The number of aromatic nitrogens is 1. The molecule has 1 aromatic heterocycles. The van der Waals surface area contributed by atoms with E-state index in [0.29, 0.717) is 36.9 Å². The number of pyridine rings is 1. The first-order valence-corrected chi connectivity index (χ1v) is 8.73. The van der Waals surface area contributed by atoms with Crippen molar-refractivity contribution in [1.82, 2.24) is 10.3 Å². The molecular formula is C21H19N3O3. The number of ether oxygens (including phenoxy) is 2. The Labute approximate surface area is 157 Å². The highest BCUT2D eigenvalue weighted by Gasteiger charge is 2.12. The zero-order chi connectivity index (χ0) is 18.5. The molecule has 0 radical (unpaired) electrons. The number of rotatable bonds is 5. The first-order chi connectivity index (χ1) is 13.3. The fourth-order valence-electron chi connectivity index (χ4n) is 2.79. The van der Waals surface area contributed by atoms with E-state index in [4.69, 9.17) is 9.47 Å². The molecular weight excluding hydrogens is 342 g/mol. The third kappa shape index (κ3) is 4.17. The maximum Gasteiger partial charge on any atom is 0.251 e. The topological polar surface area (TPSA) is 72.5 Å². The number of carbonyl (C=O) groups excluding carboxylic acids is 1. The Balaban J connectivity index is 1.43. The summed E-state index contributed by atoms with van der Waals surface area (Å²) < 4.78 is 11.1. The standard InChI is InChI=1S/C21H19N3O3/c25-21(23-14-15-4-2-1-3-5-15)16-8-9-22-20(12-16)24-17-6-7-18-19(13-17)27-11-10-26-18/h1-9,12-13H,10-11,14H2,(H,22,24)(H,23,25). The molecule has 4 rings (SSSR count). The van der Waals surface area contributed by atoms with Crippen LogP contribution in [0.25, 0.3) is 0 Å². The number of anilines is 2. The molecule has 0 fully saturated rings. The summed E-state index contributed by atoms with van der Waals surface area (Å²) in [6, 6.07) is 18.8. The van der Waals surface area contributed by atoms with Gasteiger partial charge in [0, 0.05) is 30.1 Å². The van der Waals surface area contributed by atoms with Crippen molar-refractivity contribution >= 4 is 17.4 Å². The fourth-order valence-corrected chi connectivity index (χ4v) is 2.79. The van der Waals surface area contributed by atoms with Crippen molar-refractivity contribution in [2.24, 2.45) is 0 Å². The number of carbonyl (C=O) groups is 1. The van der Waals surface area contributed by atoms with Crippen LogP contribution in [0.4, 0.5) is 11.5 Å². The Morgan fingerprint density at radius 2 is 1.78 bits per heavy atom. The monoisotopic (exact) mass is 361 g/mol. The molecule has 2 N–H and O–H groups in total. The van der Waals surface area contributed by atoms with E-state index in [1.807, 2.05) is 48.5 Å². The van der Waals surface area contributed by atoms with E-state index in [2.05, 4.69) is 15.6 Å². The lowest BCUT2D eigenvalue weighted by atomic mass is 10.2. The highest BCUT2D eigenvalue weighted by Crippen LogP contribution is 2.33. The van der Waals surface area contributed by atoms with Crippen molar-refractivity contribution in [2.45, 2.75) is 6.54 Å². The average Bonchev–Trinajstić information content (AvgIpc) is 2.73. The van der Waals surface area contributed by atoms with Gasteiger partial charge in [0.25, 0.3) is 5.91 Å². The largest absolute Gasteiger partial charge is 0.486 e. The lowest BCUT2D eigenvalue weighted by Crippen LogP contribution is -2.22. The Bertz CT molecular complexity index is 944. The Morgan fingerprint density at radius 3 is 2.63 bits per heavy atom. The molecule has 136 valence electrons. The Kier molecular flexibility index (Phi) is 4.87. The van der Waals surface area contributed by atoms with Crippen LogP contribution in [0.2, 0.25) is 0 Å². The zero-order valence-corrected chi connectivity index (χ0v) is 14.6. The summed E-state index contributed by atoms with van der Waals surface area (Å²) >= 11 is 0. The number of hydrogen-bond donors (Lipinski definition) is 2. The van der Waals surface area contributed by atoms with Crippen LogP contribution in [-0.2, 0) is 6.54 Å². The van der Waals surface area contributed by atoms with Gasteiger partial charge in [-0.05, 0) is 29.8 Å². The van der Waals surface area contributed by atoms with Gasteiger partial charge in [0.15, 0.2) is 11.5 Å². The van der Waals surface area contributed by atoms with E-state index < -0.39 is 0 Å². The number of amides is 1. The van der Waals surface area contributed by atoms with Crippen LogP contribution in [0.5, 0.6) is 11.5 Å². The number of nitrogens with zero attached hydrogens (tertiary/aromatic N) is 1. The predicted octanol–water partition coefficient (Wildman–Crippen LogP) is 3.53. The molecule has 0 atom stereocenters. The minimum absolute atomic E-state index is 0.147. The third-order valence-electron chi connectivity index (χ3n) is 4.13. The molecule has 0 unspecified atom stereocenters. The van der Waals surface area contributed by atoms with E-state index in [0.717, 1.165) is 17.0 Å². The van der Waals surface area contributed by atoms with E-state index in [1.54, 1.807) is 18.3 Å². The van der Waals surface area contributed by atoms with Gasteiger partial charge in [-0.2, -0.15) is 0 Å². The predicted molar refractivity (Wildman–Crippen MR) is 103 cm³/mol. The second-order valence-electron chi connectivity index (χ2n) is 6.08. The SMILES string of the molecule is O=C(NCc1ccccc1)c1ccnc(Nc2ccc3c(c2)OCCO3)c1. The third-order valence-corrected chi connectivity index (χ3v) is 4.13. The molecule has 2 aromatic carbocycles. The van der Waals surface area contributed by atoms with Gasteiger partial charge in [0.05, 0.1) is 0 Å². The van der Waals surface area contributed by atoms with Crippen molar-refractivity contribution in [2.75, 3.05) is 18.5 Å². The smallest absolute Gasteiger partial charge is 0.251 e. The van der Waals surface area contributed by atoms with Crippen LogP contribution >= 0.6 is 0 Å². The van der Waals surface area contributed by atoms with E-state index in [9.17, 15) is 4.79 Å². The summed E-state index contributed by atoms with van der Waals surface area (Å²) in [5.74, 6) is 1.86. The van der Waals surface area contributed by atoms with Crippen molar-refractivity contribution in [3.8, 4) is 11.5 Å². The molecule has 0 spiro atoms. The molecule has 0 saturated carbocycles. The Hall–Kier alpha value is -3.54. The molecule has 1 aliphatic heterocycles. The lowest BCUT2D eigenvalue weighted by molar-refractivity contribution is 0.0951. The van der Waals surface area contributed by atoms with Gasteiger partial charge in [0.2, 0.25) is 0 Å². The summed E-state index contributed by atoms with van der Waals surface area (Å²) in [6.45, 7) is 1.57. The van der Waals surface area contributed by atoms with Crippen LogP contribution < -0.4 is 20.1 Å². The summed E-state index contributed by atoms with van der Waals surface area (Å²) in [7, 11) is 0. The van der Waals surface area contributed by atoms with Crippen LogP contribution in [0.1, 0.15) is 15.9 Å². The van der Waals surface area contributed by atoms with Crippen molar-refractivity contribution in [1.29, 1.82) is 0 Å². The Morgan fingerprint density at radius 1 is 0.963 bits per heavy atom. The first kappa shape index (κ1) is 16.9. The molecule has 6 heteroatoms. The molecule has 27 heavy (non-hydrogen) atoms. The number of fused-ring (bicyclic) bond motifs is 1. The lowest BCUT2D eigenvalue weighted by Gasteiger charge is -2.19. The normalized spacial score (nSPS) is 12.3. The molecule has 1 amide bonds. The van der Waals surface area contributed by atoms with Crippen LogP contribution in [0.3, 0.4) is 0 Å².